The first kappa shape index (κ1) is 19.7. The number of benzene rings is 1. The molecule has 8 heteroatoms. The van der Waals surface area contributed by atoms with E-state index in [4.69, 9.17) is 9.47 Å². The van der Waals surface area contributed by atoms with E-state index in [0.29, 0.717) is 18.5 Å². The van der Waals surface area contributed by atoms with Gasteiger partial charge in [0.15, 0.2) is 11.9 Å². The standard InChI is InChI=1S/C18H24N2O6/c1-5-9-25-18(22)13(6-2)19-14-8-7-12(20(23)24)10-15(14)26-16(11(3)4)17(19)21/h7-8,10-11,13,16H,5-6,9H2,1-4H3. The Hall–Kier alpha value is -2.64. The quantitative estimate of drug-likeness (QED) is 0.419. The van der Waals surface area contributed by atoms with Gasteiger partial charge in [-0.2, -0.15) is 0 Å². The summed E-state index contributed by atoms with van der Waals surface area (Å²) in [6.07, 6.45) is 0.212. The lowest BCUT2D eigenvalue weighted by Gasteiger charge is -2.39. The minimum absolute atomic E-state index is 0.137. The van der Waals surface area contributed by atoms with Crippen LogP contribution in [0.25, 0.3) is 0 Å². The number of ether oxygens (including phenoxy) is 2. The van der Waals surface area contributed by atoms with Gasteiger partial charge in [-0.15, -0.1) is 0 Å². The lowest BCUT2D eigenvalue weighted by atomic mass is 10.0. The number of esters is 1. The Bertz CT molecular complexity index is 703. The van der Waals surface area contributed by atoms with Crippen molar-refractivity contribution in [1.82, 2.24) is 0 Å². The van der Waals surface area contributed by atoms with Gasteiger partial charge in [-0.3, -0.25) is 19.8 Å². The van der Waals surface area contributed by atoms with Crippen molar-refractivity contribution in [2.45, 2.75) is 52.7 Å². The third kappa shape index (κ3) is 3.79. The molecule has 1 amide bonds. The van der Waals surface area contributed by atoms with E-state index in [2.05, 4.69) is 0 Å². The second kappa shape index (κ2) is 8.16. The van der Waals surface area contributed by atoms with Gasteiger partial charge in [0.25, 0.3) is 11.6 Å². The molecule has 0 aromatic heterocycles. The van der Waals surface area contributed by atoms with Gasteiger partial charge < -0.3 is 9.47 Å². The average Bonchev–Trinajstić information content (AvgIpc) is 2.61. The van der Waals surface area contributed by atoms with Crippen LogP contribution in [0.2, 0.25) is 0 Å². The van der Waals surface area contributed by atoms with Crippen LogP contribution in [0.1, 0.15) is 40.5 Å². The molecule has 1 aromatic rings. The van der Waals surface area contributed by atoms with Crippen molar-refractivity contribution in [3.05, 3.63) is 28.3 Å². The average molecular weight is 364 g/mol. The van der Waals surface area contributed by atoms with Gasteiger partial charge >= 0.3 is 5.97 Å². The molecule has 142 valence electrons. The second-order valence-electron chi connectivity index (χ2n) is 6.49. The highest BCUT2D eigenvalue weighted by Gasteiger charge is 2.42. The number of rotatable bonds is 7. The zero-order valence-corrected chi connectivity index (χ0v) is 15.4. The summed E-state index contributed by atoms with van der Waals surface area (Å²) in [5.41, 5.74) is 0.208. The van der Waals surface area contributed by atoms with Crippen molar-refractivity contribution < 1.29 is 24.0 Å². The highest BCUT2D eigenvalue weighted by atomic mass is 16.6. The molecule has 0 radical (unpaired) electrons. The number of fused-ring (bicyclic) bond motifs is 1. The first-order valence-corrected chi connectivity index (χ1v) is 8.76. The molecule has 0 spiro atoms. The molecule has 2 rings (SSSR count). The summed E-state index contributed by atoms with van der Waals surface area (Å²) in [5, 5.41) is 11.1. The molecule has 26 heavy (non-hydrogen) atoms. The Labute approximate surface area is 152 Å². The zero-order chi connectivity index (χ0) is 19.4. The van der Waals surface area contributed by atoms with Crippen molar-refractivity contribution in [2.75, 3.05) is 11.5 Å². The van der Waals surface area contributed by atoms with Gasteiger partial charge in [0.05, 0.1) is 23.3 Å². The molecule has 1 aromatic carbocycles. The lowest BCUT2D eigenvalue weighted by Crippen LogP contribution is -2.55. The Balaban J connectivity index is 2.50. The van der Waals surface area contributed by atoms with Crippen molar-refractivity contribution >= 4 is 23.3 Å². The largest absolute Gasteiger partial charge is 0.478 e. The van der Waals surface area contributed by atoms with Crippen molar-refractivity contribution in [3.8, 4) is 5.75 Å². The SMILES string of the molecule is CCCOC(=O)C(CC)N1C(=O)C(C(C)C)Oc2cc([N+](=O)[O-])ccc21. The van der Waals surface area contributed by atoms with E-state index in [-0.39, 0.29) is 29.9 Å². The van der Waals surface area contributed by atoms with Gasteiger partial charge in [0.1, 0.15) is 6.04 Å². The predicted molar refractivity (Wildman–Crippen MR) is 95.2 cm³/mol. The number of hydrogen-bond acceptors (Lipinski definition) is 6. The normalized spacial score (nSPS) is 17.5. The summed E-state index contributed by atoms with van der Waals surface area (Å²) in [5.74, 6) is -0.779. The number of carbonyl (C=O) groups excluding carboxylic acids is 2. The smallest absolute Gasteiger partial charge is 0.329 e. The monoisotopic (exact) mass is 364 g/mol. The highest BCUT2D eigenvalue weighted by molar-refractivity contribution is 6.04. The molecule has 0 N–H and O–H groups in total. The maximum absolute atomic E-state index is 13.0. The number of amides is 1. The number of nitro groups is 1. The van der Waals surface area contributed by atoms with E-state index < -0.39 is 23.0 Å². The van der Waals surface area contributed by atoms with Crippen LogP contribution in [0.5, 0.6) is 5.75 Å². The molecule has 0 bridgehead atoms. The predicted octanol–water partition coefficient (Wildman–Crippen LogP) is 3.08. The van der Waals surface area contributed by atoms with Crippen LogP contribution >= 0.6 is 0 Å². The fourth-order valence-electron chi connectivity index (χ4n) is 2.85. The molecular weight excluding hydrogens is 340 g/mol. The summed E-state index contributed by atoms with van der Waals surface area (Å²) in [6, 6.07) is 3.22. The summed E-state index contributed by atoms with van der Waals surface area (Å²) >= 11 is 0. The second-order valence-corrected chi connectivity index (χ2v) is 6.49. The number of hydrogen-bond donors (Lipinski definition) is 0. The van der Waals surface area contributed by atoms with Crippen LogP contribution in [0.15, 0.2) is 18.2 Å². The lowest BCUT2D eigenvalue weighted by molar-refractivity contribution is -0.384. The van der Waals surface area contributed by atoms with Crippen LogP contribution in [0.4, 0.5) is 11.4 Å². The van der Waals surface area contributed by atoms with E-state index in [9.17, 15) is 19.7 Å². The number of non-ortho nitro benzene ring substituents is 1. The van der Waals surface area contributed by atoms with Crippen LogP contribution in [0, 0.1) is 16.0 Å². The molecule has 0 saturated heterocycles. The van der Waals surface area contributed by atoms with Gasteiger partial charge in [-0.1, -0.05) is 27.7 Å². The molecule has 2 atom stereocenters. The Morgan fingerprint density at radius 3 is 2.62 bits per heavy atom. The van der Waals surface area contributed by atoms with E-state index in [1.807, 2.05) is 20.8 Å². The third-order valence-electron chi connectivity index (χ3n) is 4.17. The van der Waals surface area contributed by atoms with Crippen LogP contribution in [0.3, 0.4) is 0 Å². The Morgan fingerprint density at radius 2 is 2.08 bits per heavy atom. The summed E-state index contributed by atoms with van der Waals surface area (Å²) in [6.45, 7) is 7.58. The molecule has 8 nitrogen and oxygen atoms in total. The van der Waals surface area contributed by atoms with E-state index in [1.165, 1.54) is 23.1 Å². The fraction of sp³-hybridized carbons (Fsp3) is 0.556. The Morgan fingerprint density at radius 1 is 1.38 bits per heavy atom. The number of carbonyl (C=O) groups is 2. The van der Waals surface area contributed by atoms with Gasteiger partial charge in [-0.25, -0.2) is 4.79 Å². The van der Waals surface area contributed by atoms with Crippen molar-refractivity contribution in [1.29, 1.82) is 0 Å². The topological polar surface area (TPSA) is 99.0 Å². The number of nitro benzene ring substituents is 1. The minimum atomic E-state index is -0.822. The van der Waals surface area contributed by atoms with E-state index in [0.717, 1.165) is 0 Å². The van der Waals surface area contributed by atoms with Gasteiger partial charge in [0.2, 0.25) is 0 Å². The Kier molecular flexibility index (Phi) is 6.18. The van der Waals surface area contributed by atoms with Gasteiger partial charge in [-0.05, 0) is 24.8 Å². The summed E-state index contributed by atoms with van der Waals surface area (Å²) in [7, 11) is 0. The molecule has 0 saturated carbocycles. The van der Waals surface area contributed by atoms with Crippen molar-refractivity contribution in [2.24, 2.45) is 5.92 Å². The van der Waals surface area contributed by atoms with E-state index in [1.54, 1.807) is 6.92 Å². The number of anilines is 1. The van der Waals surface area contributed by atoms with Crippen LogP contribution in [-0.4, -0.2) is 35.6 Å². The first-order valence-electron chi connectivity index (χ1n) is 8.76. The van der Waals surface area contributed by atoms with Crippen molar-refractivity contribution in [3.63, 3.8) is 0 Å². The maximum Gasteiger partial charge on any atom is 0.329 e. The zero-order valence-electron chi connectivity index (χ0n) is 15.4. The first-order chi connectivity index (χ1) is 12.3. The maximum atomic E-state index is 13.0. The summed E-state index contributed by atoms with van der Waals surface area (Å²) in [4.78, 5) is 37.4. The summed E-state index contributed by atoms with van der Waals surface area (Å²) < 4.78 is 11.0. The highest BCUT2D eigenvalue weighted by Crippen LogP contribution is 2.39. The molecule has 0 aliphatic carbocycles. The minimum Gasteiger partial charge on any atom is -0.478 e. The fourth-order valence-corrected chi connectivity index (χ4v) is 2.85. The van der Waals surface area contributed by atoms with Crippen LogP contribution in [-0.2, 0) is 14.3 Å². The van der Waals surface area contributed by atoms with Gasteiger partial charge in [0, 0.05) is 6.07 Å². The third-order valence-corrected chi connectivity index (χ3v) is 4.17. The molecule has 1 aliphatic rings. The molecule has 1 heterocycles. The number of nitrogens with zero attached hydrogens (tertiary/aromatic N) is 2. The van der Waals surface area contributed by atoms with E-state index >= 15 is 0 Å². The molecule has 1 aliphatic heterocycles. The molecular formula is C18H24N2O6. The molecule has 2 unspecified atom stereocenters. The molecule has 0 fully saturated rings. The van der Waals surface area contributed by atoms with Crippen LogP contribution < -0.4 is 9.64 Å².